The van der Waals surface area contributed by atoms with Crippen molar-refractivity contribution in [2.75, 3.05) is 6.61 Å². The lowest BCUT2D eigenvalue weighted by Crippen LogP contribution is -2.28. The summed E-state index contributed by atoms with van der Waals surface area (Å²) in [7, 11) is 0. The van der Waals surface area contributed by atoms with Crippen molar-refractivity contribution >= 4 is 0 Å². The van der Waals surface area contributed by atoms with E-state index in [1.165, 1.54) is 25.7 Å². The van der Waals surface area contributed by atoms with Crippen molar-refractivity contribution in [1.82, 2.24) is 0 Å². The molecular formula is C10H18O2. The van der Waals surface area contributed by atoms with Gasteiger partial charge in [-0.25, -0.2) is 0 Å². The van der Waals surface area contributed by atoms with E-state index in [2.05, 4.69) is 13.8 Å². The average molecular weight is 170 g/mol. The van der Waals surface area contributed by atoms with Crippen molar-refractivity contribution in [3.8, 4) is 0 Å². The Bertz CT molecular complexity index is 159. The van der Waals surface area contributed by atoms with Crippen molar-refractivity contribution in [2.45, 2.75) is 51.4 Å². The minimum atomic E-state index is 0.0584. The Labute approximate surface area is 74.2 Å². The quantitative estimate of drug-likeness (QED) is 0.601. The first kappa shape index (κ1) is 8.52. The number of ether oxygens (including phenoxy) is 2. The summed E-state index contributed by atoms with van der Waals surface area (Å²) in [6.07, 6.45) is 5.09. The molecule has 1 saturated heterocycles. The van der Waals surface area contributed by atoms with Gasteiger partial charge in [-0.3, -0.25) is 0 Å². The molecule has 0 amide bonds. The van der Waals surface area contributed by atoms with E-state index >= 15 is 0 Å². The third kappa shape index (κ3) is 1.38. The second kappa shape index (κ2) is 3.00. The SMILES string of the molecule is CC(C)C1OCC2(CCCC2)O1. The van der Waals surface area contributed by atoms with E-state index in [4.69, 9.17) is 9.47 Å². The van der Waals surface area contributed by atoms with Crippen molar-refractivity contribution in [3.63, 3.8) is 0 Å². The van der Waals surface area contributed by atoms with Crippen LogP contribution in [0.1, 0.15) is 39.5 Å². The van der Waals surface area contributed by atoms with Crippen molar-refractivity contribution in [3.05, 3.63) is 0 Å². The number of hydrogen-bond donors (Lipinski definition) is 0. The molecule has 2 fully saturated rings. The highest BCUT2D eigenvalue weighted by atomic mass is 16.7. The molecule has 1 spiro atoms. The molecule has 0 aromatic heterocycles. The molecule has 1 unspecified atom stereocenters. The van der Waals surface area contributed by atoms with Crippen LogP contribution in [0, 0.1) is 5.92 Å². The Balaban J connectivity index is 1.96. The maximum atomic E-state index is 5.95. The van der Waals surface area contributed by atoms with Crippen LogP contribution in [0.5, 0.6) is 0 Å². The van der Waals surface area contributed by atoms with Gasteiger partial charge in [0.25, 0.3) is 0 Å². The van der Waals surface area contributed by atoms with Crippen molar-refractivity contribution in [1.29, 1.82) is 0 Å². The van der Waals surface area contributed by atoms with Gasteiger partial charge >= 0.3 is 0 Å². The molecule has 0 N–H and O–H groups in total. The maximum absolute atomic E-state index is 5.95. The highest BCUT2D eigenvalue weighted by molar-refractivity contribution is 4.90. The first-order chi connectivity index (χ1) is 5.72. The maximum Gasteiger partial charge on any atom is 0.160 e. The molecular weight excluding hydrogens is 152 g/mol. The van der Waals surface area contributed by atoms with Crippen LogP contribution in [0.15, 0.2) is 0 Å². The first-order valence-corrected chi connectivity index (χ1v) is 5.01. The highest BCUT2D eigenvalue weighted by Gasteiger charge is 2.43. The van der Waals surface area contributed by atoms with E-state index in [1.807, 2.05) is 0 Å². The Kier molecular flexibility index (Phi) is 2.13. The van der Waals surface area contributed by atoms with Crippen molar-refractivity contribution in [2.24, 2.45) is 5.92 Å². The van der Waals surface area contributed by atoms with Gasteiger partial charge in [-0.1, -0.05) is 26.7 Å². The van der Waals surface area contributed by atoms with E-state index < -0.39 is 0 Å². The Morgan fingerprint density at radius 2 is 1.92 bits per heavy atom. The zero-order valence-corrected chi connectivity index (χ0v) is 8.01. The van der Waals surface area contributed by atoms with Crippen LogP contribution in [0.4, 0.5) is 0 Å². The summed E-state index contributed by atoms with van der Waals surface area (Å²) in [6.45, 7) is 5.13. The van der Waals surface area contributed by atoms with Crippen molar-refractivity contribution < 1.29 is 9.47 Å². The molecule has 0 aromatic rings. The van der Waals surface area contributed by atoms with Gasteiger partial charge in [-0.2, -0.15) is 0 Å². The highest BCUT2D eigenvalue weighted by Crippen LogP contribution is 2.40. The second-order valence-electron chi connectivity index (χ2n) is 4.43. The second-order valence-corrected chi connectivity index (χ2v) is 4.43. The zero-order valence-electron chi connectivity index (χ0n) is 8.01. The molecule has 2 rings (SSSR count). The lowest BCUT2D eigenvalue weighted by molar-refractivity contribution is -0.112. The third-order valence-corrected chi connectivity index (χ3v) is 2.94. The zero-order chi connectivity index (χ0) is 8.60. The predicted octanol–water partition coefficient (Wildman–Crippen LogP) is 2.33. The standard InChI is InChI=1S/C10H18O2/c1-8(2)9-11-7-10(12-9)5-3-4-6-10/h8-9H,3-7H2,1-2H3. The molecule has 0 bridgehead atoms. The Hall–Kier alpha value is -0.0800. The lowest BCUT2D eigenvalue weighted by Gasteiger charge is -2.21. The molecule has 2 nitrogen and oxygen atoms in total. The lowest BCUT2D eigenvalue weighted by atomic mass is 10.0. The molecule has 1 aliphatic heterocycles. The van der Waals surface area contributed by atoms with E-state index in [9.17, 15) is 0 Å². The van der Waals surface area contributed by atoms with Gasteiger partial charge < -0.3 is 9.47 Å². The van der Waals surface area contributed by atoms with E-state index in [1.54, 1.807) is 0 Å². The monoisotopic (exact) mass is 170 g/mol. The average Bonchev–Trinajstić information content (AvgIpc) is 2.62. The summed E-state index contributed by atoms with van der Waals surface area (Å²) in [5.41, 5.74) is 0.120. The topological polar surface area (TPSA) is 18.5 Å². The number of rotatable bonds is 1. The Morgan fingerprint density at radius 1 is 1.25 bits per heavy atom. The van der Waals surface area contributed by atoms with Gasteiger partial charge in [0, 0.05) is 5.92 Å². The van der Waals surface area contributed by atoms with Crippen LogP contribution >= 0.6 is 0 Å². The van der Waals surface area contributed by atoms with Crippen LogP contribution in [0.25, 0.3) is 0 Å². The van der Waals surface area contributed by atoms with Gasteiger partial charge in [-0.05, 0) is 12.8 Å². The van der Waals surface area contributed by atoms with E-state index in [0.29, 0.717) is 5.92 Å². The van der Waals surface area contributed by atoms with Gasteiger partial charge in [0.1, 0.15) is 0 Å². The molecule has 12 heavy (non-hydrogen) atoms. The molecule has 1 aliphatic carbocycles. The van der Waals surface area contributed by atoms with E-state index in [0.717, 1.165) is 6.61 Å². The summed E-state index contributed by atoms with van der Waals surface area (Å²) < 4.78 is 11.6. The molecule has 0 aromatic carbocycles. The molecule has 1 heterocycles. The summed E-state index contributed by atoms with van der Waals surface area (Å²) in [6, 6.07) is 0. The summed E-state index contributed by atoms with van der Waals surface area (Å²) in [5, 5.41) is 0. The van der Waals surface area contributed by atoms with Gasteiger partial charge in [0.15, 0.2) is 6.29 Å². The summed E-state index contributed by atoms with van der Waals surface area (Å²) in [5.74, 6) is 0.491. The number of hydrogen-bond acceptors (Lipinski definition) is 2. The largest absolute Gasteiger partial charge is 0.349 e. The van der Waals surface area contributed by atoms with Crippen LogP contribution in [-0.2, 0) is 9.47 Å². The predicted molar refractivity (Wildman–Crippen MR) is 46.9 cm³/mol. The fraction of sp³-hybridized carbons (Fsp3) is 1.00. The van der Waals surface area contributed by atoms with Crippen LogP contribution < -0.4 is 0 Å². The fourth-order valence-corrected chi connectivity index (χ4v) is 2.16. The molecule has 1 atom stereocenters. The Morgan fingerprint density at radius 3 is 2.42 bits per heavy atom. The fourth-order valence-electron chi connectivity index (χ4n) is 2.16. The molecule has 2 aliphatic rings. The smallest absolute Gasteiger partial charge is 0.160 e. The van der Waals surface area contributed by atoms with Crippen LogP contribution in [0.3, 0.4) is 0 Å². The molecule has 70 valence electrons. The van der Waals surface area contributed by atoms with Crippen LogP contribution in [0.2, 0.25) is 0 Å². The van der Waals surface area contributed by atoms with Crippen LogP contribution in [-0.4, -0.2) is 18.5 Å². The molecule has 2 heteroatoms. The summed E-state index contributed by atoms with van der Waals surface area (Å²) in [4.78, 5) is 0. The van der Waals surface area contributed by atoms with Gasteiger partial charge in [-0.15, -0.1) is 0 Å². The van der Waals surface area contributed by atoms with E-state index in [-0.39, 0.29) is 11.9 Å². The normalized spacial score (nSPS) is 33.8. The third-order valence-electron chi connectivity index (χ3n) is 2.94. The minimum Gasteiger partial charge on any atom is -0.349 e. The van der Waals surface area contributed by atoms with Gasteiger partial charge in [0.2, 0.25) is 0 Å². The molecule has 0 radical (unpaired) electrons. The first-order valence-electron chi connectivity index (χ1n) is 5.01. The molecule has 1 saturated carbocycles. The summed E-state index contributed by atoms with van der Waals surface area (Å²) >= 11 is 0. The minimum absolute atomic E-state index is 0.0584. The van der Waals surface area contributed by atoms with Gasteiger partial charge in [0.05, 0.1) is 12.2 Å².